The van der Waals surface area contributed by atoms with E-state index in [2.05, 4.69) is 15.3 Å². The van der Waals surface area contributed by atoms with E-state index in [1.165, 1.54) is 13.8 Å². The molecule has 0 spiro atoms. The van der Waals surface area contributed by atoms with Gasteiger partial charge in [-0.3, -0.25) is 9.59 Å². The largest absolute Gasteiger partial charge is 0.405 e. The van der Waals surface area contributed by atoms with Gasteiger partial charge in [-0.1, -0.05) is 13.3 Å². The van der Waals surface area contributed by atoms with Gasteiger partial charge in [0.1, 0.15) is 18.1 Å². The molecule has 39 heavy (non-hydrogen) atoms. The van der Waals surface area contributed by atoms with Crippen LogP contribution in [0.2, 0.25) is 0 Å². The maximum absolute atomic E-state index is 14.1. The predicted octanol–water partition coefficient (Wildman–Crippen LogP) is 5.41. The number of hydrogen-bond acceptors (Lipinski definition) is 7. The molecule has 216 valence electrons. The van der Waals surface area contributed by atoms with E-state index in [4.69, 9.17) is 0 Å². The lowest BCUT2D eigenvalue weighted by Crippen LogP contribution is -2.40. The lowest BCUT2D eigenvalue weighted by molar-refractivity contribution is -0.115. The molecule has 1 fully saturated rings. The highest BCUT2D eigenvalue weighted by Crippen LogP contribution is 2.39. The molecule has 3 N–H and O–H groups in total. The van der Waals surface area contributed by atoms with Crippen molar-refractivity contribution in [3.63, 3.8) is 0 Å². The highest BCUT2D eigenvalue weighted by atomic mass is 32.1. The number of anilines is 1. The van der Waals surface area contributed by atoms with E-state index in [-0.39, 0.29) is 39.8 Å². The number of carbonyl (C=O) groups excluding carboxylic acids is 2. The minimum atomic E-state index is -4.59. The van der Waals surface area contributed by atoms with Gasteiger partial charge in [0.15, 0.2) is 5.01 Å². The van der Waals surface area contributed by atoms with E-state index in [0.29, 0.717) is 11.3 Å². The molecule has 0 radical (unpaired) electrons. The van der Waals surface area contributed by atoms with E-state index in [1.54, 1.807) is 4.90 Å². The second-order valence-corrected chi connectivity index (χ2v) is 11.2. The minimum absolute atomic E-state index is 0.0343. The molecule has 2 aromatic heterocycles. The van der Waals surface area contributed by atoms with Crippen LogP contribution >= 0.6 is 11.3 Å². The van der Waals surface area contributed by atoms with Crippen LogP contribution in [0.3, 0.4) is 0 Å². The number of carbonyl (C=O) groups is 2. The van der Waals surface area contributed by atoms with Gasteiger partial charge in [-0.2, -0.15) is 13.2 Å². The highest BCUT2D eigenvalue weighted by molar-refractivity contribution is 7.17. The molecule has 2 unspecified atom stereocenters. The summed E-state index contributed by atoms with van der Waals surface area (Å²) in [5, 5.41) is 14.2. The molecule has 1 aliphatic heterocycles. The summed E-state index contributed by atoms with van der Waals surface area (Å²) in [5.74, 6) is -1.65. The van der Waals surface area contributed by atoms with Gasteiger partial charge < -0.3 is 20.6 Å². The first kappa shape index (κ1) is 30.7. The predicted molar refractivity (Wildman–Crippen MR) is 137 cm³/mol. The maximum atomic E-state index is 14.1. The fourth-order valence-electron chi connectivity index (χ4n) is 4.42. The molecular weight excluding hydrogens is 545 g/mol. The van der Waals surface area contributed by atoms with Crippen molar-refractivity contribution < 1.29 is 36.6 Å². The van der Waals surface area contributed by atoms with Crippen LogP contribution in [0.5, 0.6) is 0 Å². The summed E-state index contributed by atoms with van der Waals surface area (Å²) < 4.78 is 66.2. The number of amides is 2. The number of thiazole rings is 1. The van der Waals surface area contributed by atoms with E-state index >= 15 is 0 Å². The molecule has 14 heteroatoms. The normalized spacial score (nSPS) is 18.1. The summed E-state index contributed by atoms with van der Waals surface area (Å²) in [6.07, 6.45) is -3.68. The molecule has 0 aliphatic carbocycles. The van der Waals surface area contributed by atoms with E-state index < -0.39 is 47.9 Å². The summed E-state index contributed by atoms with van der Waals surface area (Å²) >= 11 is 0.703. The van der Waals surface area contributed by atoms with Gasteiger partial charge >= 0.3 is 6.18 Å². The Hall–Kier alpha value is -2.87. The Morgan fingerprint density at radius 3 is 2.51 bits per heavy atom. The van der Waals surface area contributed by atoms with Gasteiger partial charge in [0.05, 0.1) is 10.5 Å². The van der Waals surface area contributed by atoms with Crippen LogP contribution in [-0.2, 0) is 0 Å². The van der Waals surface area contributed by atoms with Crippen LogP contribution in [0.1, 0.15) is 85.7 Å². The Morgan fingerprint density at radius 2 is 1.92 bits per heavy atom. The molecule has 2 aromatic rings. The van der Waals surface area contributed by atoms with Gasteiger partial charge in [-0.15, -0.1) is 11.3 Å². The Balaban J connectivity index is 2.09. The molecule has 1 aliphatic rings. The number of aromatic nitrogens is 2. The van der Waals surface area contributed by atoms with Crippen molar-refractivity contribution in [2.75, 3.05) is 18.4 Å². The molecule has 0 saturated carbocycles. The Morgan fingerprint density at radius 1 is 1.23 bits per heavy atom. The number of nitrogens with zero attached hydrogens (tertiary/aromatic N) is 3. The average molecular weight is 578 g/mol. The number of pyridine rings is 1. The molecule has 0 bridgehead atoms. The Labute approximate surface area is 227 Å². The van der Waals surface area contributed by atoms with Crippen molar-refractivity contribution in [3.05, 3.63) is 28.5 Å². The van der Waals surface area contributed by atoms with Gasteiger partial charge in [0, 0.05) is 36.0 Å². The lowest BCUT2D eigenvalue weighted by atomic mass is 10.1. The summed E-state index contributed by atoms with van der Waals surface area (Å²) in [7, 11) is 0. The quantitative estimate of drug-likeness (QED) is 0.326. The first-order valence-electron chi connectivity index (χ1n) is 12.5. The molecule has 3 heterocycles. The fraction of sp³-hybridized carbons (Fsp3) is 0.600. The second kappa shape index (κ2) is 12.1. The zero-order valence-electron chi connectivity index (χ0n) is 22.0. The zero-order chi connectivity index (χ0) is 29.1. The molecule has 0 aromatic carbocycles. The summed E-state index contributed by atoms with van der Waals surface area (Å²) in [4.78, 5) is 36.4. The third kappa shape index (κ3) is 7.84. The minimum Gasteiger partial charge on any atom is -0.389 e. The molecule has 8 nitrogen and oxygen atoms in total. The van der Waals surface area contributed by atoms with Crippen LogP contribution in [-0.4, -0.2) is 68.7 Å². The number of nitrogens with one attached hydrogen (secondary N) is 2. The van der Waals surface area contributed by atoms with Gasteiger partial charge in [0.25, 0.3) is 18.2 Å². The van der Waals surface area contributed by atoms with Crippen molar-refractivity contribution in [2.24, 2.45) is 0 Å². The standard InChI is InChI=1S/C25H32F5N5O3S/c1-5-6-14-8-7-13(2)35(14)23(37)18-19(39-22(34-18)21(36)33-11-24(3,4)38)16-10-31-17(9-15(16)20(26)27)32-12-25(28,29)30/h9-10,13-14,20,38H,5-8,11-12H2,1-4H3,(H,31,32)(H,33,36). The number of halogens is 5. The van der Waals surface area contributed by atoms with E-state index in [9.17, 15) is 36.6 Å². The van der Waals surface area contributed by atoms with Crippen LogP contribution in [0.25, 0.3) is 10.4 Å². The molecular formula is C25H32F5N5O3S. The number of aliphatic hydroxyl groups is 1. The van der Waals surface area contributed by atoms with Crippen LogP contribution in [0.4, 0.5) is 27.8 Å². The molecule has 2 atom stereocenters. The van der Waals surface area contributed by atoms with Gasteiger partial charge in [0.2, 0.25) is 0 Å². The van der Waals surface area contributed by atoms with E-state index in [0.717, 1.165) is 37.9 Å². The van der Waals surface area contributed by atoms with Crippen molar-refractivity contribution in [1.29, 1.82) is 0 Å². The summed E-state index contributed by atoms with van der Waals surface area (Å²) in [6.45, 7) is 5.22. The number of rotatable bonds is 10. The molecule has 3 rings (SSSR count). The van der Waals surface area contributed by atoms with Crippen molar-refractivity contribution in [1.82, 2.24) is 20.2 Å². The monoisotopic (exact) mass is 577 g/mol. The highest BCUT2D eigenvalue weighted by Gasteiger charge is 2.38. The number of alkyl halides is 5. The second-order valence-electron chi connectivity index (χ2n) is 10.2. The summed E-state index contributed by atoms with van der Waals surface area (Å²) in [6, 6.07) is 0.574. The number of hydrogen-bond donors (Lipinski definition) is 3. The molecule has 1 saturated heterocycles. The lowest BCUT2D eigenvalue weighted by Gasteiger charge is -2.28. The van der Waals surface area contributed by atoms with Crippen molar-refractivity contribution >= 4 is 29.0 Å². The van der Waals surface area contributed by atoms with Crippen LogP contribution in [0, 0.1) is 0 Å². The fourth-order valence-corrected chi connectivity index (χ4v) is 5.43. The third-order valence-electron chi connectivity index (χ3n) is 6.23. The summed E-state index contributed by atoms with van der Waals surface area (Å²) in [5.41, 5.74) is -2.30. The van der Waals surface area contributed by atoms with Crippen LogP contribution in [0.15, 0.2) is 12.3 Å². The first-order chi connectivity index (χ1) is 18.1. The molecule has 2 amide bonds. The van der Waals surface area contributed by atoms with Crippen molar-refractivity contribution in [2.45, 2.75) is 83.7 Å². The topological polar surface area (TPSA) is 107 Å². The zero-order valence-corrected chi connectivity index (χ0v) is 22.8. The SMILES string of the molecule is CCCC1CCC(C)N1C(=O)c1nc(C(=O)NCC(C)(C)O)sc1-c1cnc(NCC(F)(F)F)cc1C(F)F. The van der Waals surface area contributed by atoms with E-state index in [1.807, 2.05) is 19.2 Å². The average Bonchev–Trinajstić information content (AvgIpc) is 3.44. The Bertz CT molecular complexity index is 1180. The van der Waals surface area contributed by atoms with Crippen molar-refractivity contribution in [3.8, 4) is 10.4 Å². The first-order valence-corrected chi connectivity index (χ1v) is 13.4. The Kier molecular flexibility index (Phi) is 9.52. The van der Waals surface area contributed by atoms with Gasteiger partial charge in [-0.25, -0.2) is 18.7 Å². The number of likely N-dealkylation sites (tertiary alicyclic amines) is 1. The maximum Gasteiger partial charge on any atom is 0.405 e. The van der Waals surface area contributed by atoms with Gasteiger partial charge in [-0.05, 0) is 46.1 Å². The van der Waals surface area contributed by atoms with Crippen LogP contribution < -0.4 is 10.6 Å². The smallest absolute Gasteiger partial charge is 0.389 e. The third-order valence-corrected chi connectivity index (χ3v) is 7.32.